The van der Waals surface area contributed by atoms with Gasteiger partial charge in [-0.15, -0.1) is 11.3 Å². The Morgan fingerprint density at radius 1 is 1.29 bits per heavy atom. The van der Waals surface area contributed by atoms with Crippen LogP contribution < -0.4 is 14.4 Å². The number of fused-ring (bicyclic) bond motifs is 1. The SMILES string of the molecule is CCS(=O)(=O)N1CCc2cc(-c3csc(Nc4ccc(OC)nc4)n3)ccc21. The summed E-state index contributed by atoms with van der Waals surface area (Å²) in [7, 11) is -1.65. The first-order valence-electron chi connectivity index (χ1n) is 8.86. The third-order valence-electron chi connectivity index (χ3n) is 4.63. The number of hydrogen-bond acceptors (Lipinski definition) is 7. The van der Waals surface area contributed by atoms with Crippen LogP contribution in [0, 0.1) is 0 Å². The molecule has 1 aliphatic rings. The number of pyridine rings is 1. The molecule has 3 aromatic rings. The Balaban J connectivity index is 1.54. The van der Waals surface area contributed by atoms with Crippen molar-refractivity contribution in [2.45, 2.75) is 13.3 Å². The molecule has 0 saturated heterocycles. The number of rotatable bonds is 6. The van der Waals surface area contributed by atoms with Gasteiger partial charge in [0.1, 0.15) is 0 Å². The quantitative estimate of drug-likeness (QED) is 0.660. The van der Waals surface area contributed by atoms with Crippen LogP contribution in [-0.4, -0.2) is 37.8 Å². The van der Waals surface area contributed by atoms with Crippen LogP contribution in [0.1, 0.15) is 12.5 Å². The molecule has 1 aliphatic heterocycles. The van der Waals surface area contributed by atoms with E-state index in [1.807, 2.05) is 29.6 Å². The molecule has 0 saturated carbocycles. The minimum absolute atomic E-state index is 0.107. The molecule has 0 spiro atoms. The van der Waals surface area contributed by atoms with Crippen molar-refractivity contribution in [3.8, 4) is 17.1 Å². The molecule has 4 rings (SSSR count). The highest BCUT2D eigenvalue weighted by Gasteiger charge is 2.28. The first kappa shape index (κ1) is 18.7. The maximum absolute atomic E-state index is 12.2. The third-order valence-corrected chi connectivity index (χ3v) is 7.17. The van der Waals surface area contributed by atoms with Crippen LogP contribution >= 0.6 is 11.3 Å². The first-order chi connectivity index (χ1) is 13.5. The number of nitrogens with one attached hydrogen (secondary N) is 1. The van der Waals surface area contributed by atoms with E-state index in [1.54, 1.807) is 26.3 Å². The Hall–Kier alpha value is -2.65. The number of anilines is 3. The Labute approximate surface area is 168 Å². The molecule has 2 aromatic heterocycles. The van der Waals surface area contributed by atoms with Crippen LogP contribution in [-0.2, 0) is 16.4 Å². The minimum Gasteiger partial charge on any atom is -0.481 e. The number of nitrogens with zero attached hydrogens (tertiary/aromatic N) is 3. The van der Waals surface area contributed by atoms with Crippen molar-refractivity contribution in [2.24, 2.45) is 0 Å². The second kappa shape index (κ2) is 7.40. The van der Waals surface area contributed by atoms with Crippen LogP contribution in [0.3, 0.4) is 0 Å². The fourth-order valence-electron chi connectivity index (χ4n) is 3.14. The largest absolute Gasteiger partial charge is 0.481 e. The van der Waals surface area contributed by atoms with E-state index in [-0.39, 0.29) is 5.75 Å². The molecule has 9 heteroatoms. The lowest BCUT2D eigenvalue weighted by atomic mass is 10.1. The van der Waals surface area contributed by atoms with Gasteiger partial charge < -0.3 is 10.1 Å². The summed E-state index contributed by atoms with van der Waals surface area (Å²) in [5.74, 6) is 0.665. The first-order valence-corrected chi connectivity index (χ1v) is 11.4. The van der Waals surface area contributed by atoms with Crippen molar-refractivity contribution in [2.75, 3.05) is 29.0 Å². The zero-order valence-corrected chi connectivity index (χ0v) is 17.2. The molecular formula is C19H20N4O3S2. The predicted octanol–water partition coefficient (Wildman–Crippen LogP) is 3.67. The summed E-state index contributed by atoms with van der Waals surface area (Å²) >= 11 is 1.50. The Bertz CT molecular complexity index is 1090. The van der Waals surface area contributed by atoms with Crippen molar-refractivity contribution >= 4 is 37.9 Å². The maximum Gasteiger partial charge on any atom is 0.234 e. The lowest BCUT2D eigenvalue weighted by Crippen LogP contribution is -2.30. The number of benzene rings is 1. The summed E-state index contributed by atoms with van der Waals surface area (Å²) in [5, 5.41) is 5.98. The van der Waals surface area contributed by atoms with Crippen molar-refractivity contribution in [3.63, 3.8) is 0 Å². The second-order valence-electron chi connectivity index (χ2n) is 6.32. The molecule has 0 atom stereocenters. The number of hydrogen-bond donors (Lipinski definition) is 1. The van der Waals surface area contributed by atoms with E-state index in [9.17, 15) is 8.42 Å². The van der Waals surface area contributed by atoms with E-state index in [0.29, 0.717) is 12.4 Å². The van der Waals surface area contributed by atoms with Crippen LogP contribution in [0.5, 0.6) is 5.88 Å². The van der Waals surface area contributed by atoms with Crippen molar-refractivity contribution in [1.29, 1.82) is 0 Å². The summed E-state index contributed by atoms with van der Waals surface area (Å²) < 4.78 is 31.0. The number of aromatic nitrogens is 2. The van der Waals surface area contributed by atoms with E-state index < -0.39 is 10.0 Å². The van der Waals surface area contributed by atoms with Crippen molar-refractivity contribution in [3.05, 3.63) is 47.5 Å². The highest BCUT2D eigenvalue weighted by atomic mass is 32.2. The molecule has 1 N–H and O–H groups in total. The highest BCUT2D eigenvalue weighted by Crippen LogP contribution is 2.35. The van der Waals surface area contributed by atoms with Gasteiger partial charge in [0.25, 0.3) is 0 Å². The van der Waals surface area contributed by atoms with Gasteiger partial charge >= 0.3 is 0 Å². The number of thiazole rings is 1. The predicted molar refractivity (Wildman–Crippen MR) is 112 cm³/mol. The van der Waals surface area contributed by atoms with Crippen LogP contribution in [0.2, 0.25) is 0 Å². The average molecular weight is 417 g/mol. The van der Waals surface area contributed by atoms with E-state index in [4.69, 9.17) is 4.74 Å². The summed E-state index contributed by atoms with van der Waals surface area (Å²) in [6.45, 7) is 2.17. The molecule has 0 amide bonds. The number of sulfonamides is 1. The smallest absolute Gasteiger partial charge is 0.234 e. The Morgan fingerprint density at radius 2 is 2.14 bits per heavy atom. The van der Waals surface area contributed by atoms with Crippen molar-refractivity contribution in [1.82, 2.24) is 9.97 Å². The zero-order valence-electron chi connectivity index (χ0n) is 15.5. The standard InChI is InChI=1S/C19H20N4O3S2/c1-3-28(24,25)23-9-8-14-10-13(4-6-17(14)23)16-12-27-19(22-16)21-15-5-7-18(26-2)20-11-15/h4-7,10-12H,3,8-9H2,1-2H3,(H,21,22). The van der Waals surface area contributed by atoms with Gasteiger partial charge in [-0.05, 0) is 37.1 Å². The maximum atomic E-state index is 12.2. The number of methoxy groups -OCH3 is 1. The molecule has 0 aliphatic carbocycles. The lowest BCUT2D eigenvalue weighted by Gasteiger charge is -2.18. The summed E-state index contributed by atoms with van der Waals surface area (Å²) in [5.41, 5.74) is 4.48. The lowest BCUT2D eigenvalue weighted by molar-refractivity contribution is 0.398. The van der Waals surface area contributed by atoms with Gasteiger partial charge in [0.05, 0.1) is 36.1 Å². The van der Waals surface area contributed by atoms with Gasteiger partial charge in [-0.3, -0.25) is 4.31 Å². The molecule has 0 bridgehead atoms. The molecular weight excluding hydrogens is 396 g/mol. The van der Waals surface area contributed by atoms with Crippen LogP contribution in [0.4, 0.5) is 16.5 Å². The Kier molecular flexibility index (Phi) is 4.94. The molecule has 3 heterocycles. The summed E-state index contributed by atoms with van der Waals surface area (Å²) in [6.07, 6.45) is 2.41. The number of ether oxygens (including phenoxy) is 1. The third kappa shape index (κ3) is 3.55. The summed E-state index contributed by atoms with van der Waals surface area (Å²) in [6, 6.07) is 9.51. The second-order valence-corrected chi connectivity index (χ2v) is 9.36. The van der Waals surface area contributed by atoms with Gasteiger partial charge in [0.2, 0.25) is 15.9 Å². The zero-order chi connectivity index (χ0) is 19.7. The van der Waals surface area contributed by atoms with E-state index in [2.05, 4.69) is 15.3 Å². The Morgan fingerprint density at radius 3 is 2.86 bits per heavy atom. The van der Waals surface area contributed by atoms with E-state index in [0.717, 1.165) is 39.7 Å². The van der Waals surface area contributed by atoms with Gasteiger partial charge in [-0.1, -0.05) is 6.07 Å². The average Bonchev–Trinajstić information content (AvgIpc) is 3.35. The summed E-state index contributed by atoms with van der Waals surface area (Å²) in [4.78, 5) is 8.81. The molecule has 0 unspecified atom stereocenters. The fourth-order valence-corrected chi connectivity index (χ4v) is 5.04. The van der Waals surface area contributed by atoms with Gasteiger partial charge in [-0.25, -0.2) is 18.4 Å². The normalized spacial score (nSPS) is 13.4. The molecule has 0 fully saturated rings. The fraction of sp³-hybridized carbons (Fsp3) is 0.263. The molecule has 7 nitrogen and oxygen atoms in total. The van der Waals surface area contributed by atoms with E-state index in [1.165, 1.54) is 15.6 Å². The van der Waals surface area contributed by atoms with Crippen LogP contribution in [0.15, 0.2) is 41.9 Å². The molecule has 146 valence electrons. The molecule has 1 aromatic carbocycles. The van der Waals surface area contributed by atoms with E-state index >= 15 is 0 Å². The highest BCUT2D eigenvalue weighted by molar-refractivity contribution is 7.92. The van der Waals surface area contributed by atoms with Crippen LogP contribution in [0.25, 0.3) is 11.3 Å². The van der Waals surface area contributed by atoms with Gasteiger partial charge in [0.15, 0.2) is 5.13 Å². The van der Waals surface area contributed by atoms with Gasteiger partial charge in [-0.2, -0.15) is 0 Å². The minimum atomic E-state index is -3.23. The molecule has 0 radical (unpaired) electrons. The van der Waals surface area contributed by atoms with Gasteiger partial charge in [0, 0.05) is 23.6 Å². The topological polar surface area (TPSA) is 84.4 Å². The molecule has 28 heavy (non-hydrogen) atoms. The monoisotopic (exact) mass is 416 g/mol. The van der Waals surface area contributed by atoms with Crippen molar-refractivity contribution < 1.29 is 13.2 Å².